The van der Waals surface area contributed by atoms with E-state index in [0.29, 0.717) is 37.1 Å². The van der Waals surface area contributed by atoms with Gasteiger partial charge in [0.2, 0.25) is 5.95 Å². The Bertz CT molecular complexity index is 924. The second-order valence-electron chi connectivity index (χ2n) is 8.13. The zero-order valence-corrected chi connectivity index (χ0v) is 17.1. The quantitative estimate of drug-likeness (QED) is 0.431. The highest BCUT2D eigenvalue weighted by molar-refractivity contribution is 6.53. The van der Waals surface area contributed by atoms with Gasteiger partial charge >= 0.3 is 0 Å². The van der Waals surface area contributed by atoms with Crippen LogP contribution in [0.3, 0.4) is 0 Å². The molecular weight excluding hydrogens is 377 g/mol. The summed E-state index contributed by atoms with van der Waals surface area (Å²) < 4.78 is 5.46. The van der Waals surface area contributed by atoms with Gasteiger partial charge in [-0.15, -0.1) is 0 Å². The van der Waals surface area contributed by atoms with E-state index in [1.165, 1.54) is 17.3 Å². The molecule has 8 heteroatoms. The highest BCUT2D eigenvalue weighted by Crippen LogP contribution is 2.24. The van der Waals surface area contributed by atoms with Gasteiger partial charge in [0.1, 0.15) is 6.61 Å². The van der Waals surface area contributed by atoms with Gasteiger partial charge in [0.05, 0.1) is 6.61 Å². The Balaban J connectivity index is 1.29. The van der Waals surface area contributed by atoms with Gasteiger partial charge in [0, 0.05) is 42.1 Å². The van der Waals surface area contributed by atoms with Crippen LogP contribution in [0.1, 0.15) is 23.1 Å². The molecule has 156 valence electrons. The number of nitrogens with two attached hydrogens (primary N) is 2. The van der Waals surface area contributed by atoms with Crippen molar-refractivity contribution in [3.63, 3.8) is 0 Å². The summed E-state index contributed by atoms with van der Waals surface area (Å²) in [6, 6.07) is 8.89. The average molecular weight is 405 g/mol. The Morgan fingerprint density at radius 3 is 2.73 bits per heavy atom. The SMILES string of the molecule is N/C=C(\N)CCOCC(=O)C1CBc2nc(NC3Cc4ccccc4C3)ncc2C1. The third kappa shape index (κ3) is 4.82. The number of hydrogen-bond acceptors (Lipinski definition) is 7. The monoisotopic (exact) mass is 405 g/mol. The van der Waals surface area contributed by atoms with E-state index in [4.69, 9.17) is 21.2 Å². The van der Waals surface area contributed by atoms with Gasteiger partial charge in [-0.1, -0.05) is 30.6 Å². The number of benzene rings is 1. The first-order valence-electron chi connectivity index (χ1n) is 10.6. The summed E-state index contributed by atoms with van der Waals surface area (Å²) in [5, 5.41) is 3.49. The Kier molecular flexibility index (Phi) is 6.33. The number of nitrogens with zero attached hydrogens (tertiary/aromatic N) is 2. The molecule has 1 aromatic carbocycles. The number of fused-ring (bicyclic) bond motifs is 2. The van der Waals surface area contributed by atoms with Crippen LogP contribution >= 0.6 is 0 Å². The van der Waals surface area contributed by atoms with Gasteiger partial charge in [-0.25, -0.2) is 9.97 Å². The summed E-state index contributed by atoms with van der Waals surface area (Å²) in [6.07, 6.45) is 7.24. The Morgan fingerprint density at radius 1 is 1.23 bits per heavy atom. The van der Waals surface area contributed by atoms with Gasteiger partial charge in [0.15, 0.2) is 13.1 Å². The second kappa shape index (κ2) is 9.30. The Labute approximate surface area is 177 Å². The number of anilines is 1. The minimum Gasteiger partial charge on any atom is -0.403 e. The fraction of sp³-hybridized carbons (Fsp3) is 0.409. The summed E-state index contributed by atoms with van der Waals surface area (Å²) in [4.78, 5) is 21.7. The molecule has 0 bridgehead atoms. The van der Waals surface area contributed by atoms with Crippen LogP contribution in [-0.4, -0.2) is 42.3 Å². The molecule has 1 aliphatic heterocycles. The molecule has 5 N–H and O–H groups in total. The molecule has 0 fully saturated rings. The van der Waals surface area contributed by atoms with Crippen LogP contribution in [0.5, 0.6) is 0 Å². The van der Waals surface area contributed by atoms with E-state index >= 15 is 0 Å². The molecule has 2 aromatic rings. The highest BCUT2D eigenvalue weighted by atomic mass is 16.5. The highest BCUT2D eigenvalue weighted by Gasteiger charge is 2.27. The molecule has 30 heavy (non-hydrogen) atoms. The normalized spacial score (nSPS) is 18.4. The van der Waals surface area contributed by atoms with Crippen LogP contribution in [0.2, 0.25) is 6.32 Å². The first-order valence-corrected chi connectivity index (χ1v) is 10.6. The minimum absolute atomic E-state index is 0.0355. The molecule has 0 saturated heterocycles. The molecule has 7 nitrogen and oxygen atoms in total. The van der Waals surface area contributed by atoms with Crippen molar-refractivity contribution in [3.8, 4) is 0 Å². The number of nitrogens with one attached hydrogen (secondary N) is 1. The minimum atomic E-state index is -0.0355. The smallest absolute Gasteiger partial charge is 0.222 e. The lowest BCUT2D eigenvalue weighted by Crippen LogP contribution is -2.37. The predicted octanol–water partition coefficient (Wildman–Crippen LogP) is 0.443. The largest absolute Gasteiger partial charge is 0.403 e. The number of carbonyl (C=O) groups is 1. The second-order valence-corrected chi connectivity index (χ2v) is 8.13. The zero-order valence-electron chi connectivity index (χ0n) is 17.1. The number of Topliss-reactive ketones (excluding diaryl/α,β-unsaturated/α-hetero) is 1. The molecule has 1 aromatic heterocycles. The molecular formula is C22H28BN5O2. The molecule has 1 unspecified atom stereocenters. The third-order valence-electron chi connectivity index (χ3n) is 5.98. The van der Waals surface area contributed by atoms with Gasteiger partial charge in [-0.05, 0) is 36.0 Å². The van der Waals surface area contributed by atoms with Crippen LogP contribution in [0, 0.1) is 5.92 Å². The van der Waals surface area contributed by atoms with Crippen molar-refractivity contribution in [2.24, 2.45) is 17.4 Å². The summed E-state index contributed by atoms with van der Waals surface area (Å²) in [6.45, 7) is 0.512. The van der Waals surface area contributed by atoms with Gasteiger partial charge in [-0.2, -0.15) is 0 Å². The lowest BCUT2D eigenvalue weighted by molar-refractivity contribution is -0.126. The van der Waals surface area contributed by atoms with Crippen LogP contribution < -0.4 is 22.4 Å². The van der Waals surface area contributed by atoms with Crippen molar-refractivity contribution in [2.75, 3.05) is 18.5 Å². The average Bonchev–Trinajstić information content (AvgIpc) is 3.18. The molecule has 1 atom stereocenters. The summed E-state index contributed by atoms with van der Waals surface area (Å²) in [5.41, 5.74) is 16.4. The number of rotatable bonds is 8. The van der Waals surface area contributed by atoms with E-state index in [-0.39, 0.29) is 18.3 Å². The number of carbonyl (C=O) groups excluding carboxylic acids is 1. The number of aromatic nitrogens is 2. The maximum atomic E-state index is 12.5. The molecule has 0 saturated carbocycles. The third-order valence-corrected chi connectivity index (χ3v) is 5.98. The van der Waals surface area contributed by atoms with E-state index in [1.54, 1.807) is 0 Å². The first-order chi connectivity index (χ1) is 14.6. The molecule has 2 heterocycles. The number of ether oxygens (including phenoxy) is 1. The predicted molar refractivity (Wildman–Crippen MR) is 119 cm³/mol. The van der Waals surface area contributed by atoms with Crippen LogP contribution in [0.15, 0.2) is 42.4 Å². The maximum Gasteiger partial charge on any atom is 0.222 e. The van der Waals surface area contributed by atoms with Crippen LogP contribution in [0.25, 0.3) is 0 Å². The Hall–Kier alpha value is -2.87. The number of hydrogen-bond donors (Lipinski definition) is 3. The van der Waals surface area contributed by atoms with Crippen molar-refractivity contribution < 1.29 is 9.53 Å². The maximum absolute atomic E-state index is 12.5. The zero-order chi connectivity index (χ0) is 20.9. The molecule has 4 rings (SSSR count). The Morgan fingerprint density at radius 2 is 2.00 bits per heavy atom. The van der Waals surface area contributed by atoms with Gasteiger partial charge < -0.3 is 21.5 Å². The van der Waals surface area contributed by atoms with Crippen molar-refractivity contribution in [2.45, 2.75) is 38.0 Å². The molecule has 0 amide bonds. The van der Waals surface area contributed by atoms with Crippen LogP contribution in [-0.2, 0) is 28.8 Å². The molecule has 2 aliphatic rings. The lowest BCUT2D eigenvalue weighted by Gasteiger charge is -2.23. The molecule has 1 aliphatic carbocycles. The standard InChI is InChI=1S/C22H28BN5O2/c24-11-18(25)5-6-30-13-20(29)16-7-17-12-26-22(28-21(17)23-10-16)27-19-8-14-3-1-2-4-15(14)9-19/h1-4,11-12,16,19,23H,5-10,13,24-25H2,(H,26,27,28)/b18-11-. The van der Waals surface area contributed by atoms with E-state index in [0.717, 1.165) is 37.6 Å². The summed E-state index contributed by atoms with van der Waals surface area (Å²) in [5.74, 6) is 0.777. The number of ketones is 1. The van der Waals surface area contributed by atoms with Crippen LogP contribution in [0.4, 0.5) is 5.95 Å². The summed E-state index contributed by atoms with van der Waals surface area (Å²) >= 11 is 0. The topological polar surface area (TPSA) is 116 Å². The van der Waals surface area contributed by atoms with E-state index in [9.17, 15) is 4.79 Å². The van der Waals surface area contributed by atoms with Crippen molar-refractivity contribution in [1.29, 1.82) is 0 Å². The van der Waals surface area contributed by atoms with Gasteiger partial charge in [-0.3, -0.25) is 4.79 Å². The summed E-state index contributed by atoms with van der Waals surface area (Å²) in [7, 11) is 0.788. The van der Waals surface area contributed by atoms with Crippen molar-refractivity contribution in [3.05, 3.63) is 59.0 Å². The van der Waals surface area contributed by atoms with E-state index in [2.05, 4.69) is 34.6 Å². The lowest BCUT2D eigenvalue weighted by atomic mass is 9.59. The fourth-order valence-corrected chi connectivity index (χ4v) is 4.26. The van der Waals surface area contributed by atoms with E-state index in [1.807, 2.05) is 6.20 Å². The van der Waals surface area contributed by atoms with E-state index < -0.39 is 0 Å². The van der Waals surface area contributed by atoms with Crippen molar-refractivity contribution in [1.82, 2.24) is 9.97 Å². The molecule has 0 spiro atoms. The van der Waals surface area contributed by atoms with Gasteiger partial charge in [0.25, 0.3) is 0 Å². The molecule has 0 radical (unpaired) electrons. The van der Waals surface area contributed by atoms with Crippen molar-refractivity contribution >= 4 is 24.6 Å². The fourth-order valence-electron chi connectivity index (χ4n) is 4.26. The first kappa shape index (κ1) is 20.4.